The molecule has 0 aromatic rings. The zero-order valence-electron chi connectivity index (χ0n) is 5.75. The van der Waals surface area contributed by atoms with Crippen LogP contribution in [0.2, 0.25) is 0 Å². The highest BCUT2D eigenvalue weighted by Crippen LogP contribution is 2.18. The van der Waals surface area contributed by atoms with Gasteiger partial charge in [0.2, 0.25) is 6.21 Å². The Labute approximate surface area is 60.5 Å². The van der Waals surface area contributed by atoms with Crippen molar-refractivity contribution >= 4 is 6.21 Å². The van der Waals surface area contributed by atoms with Crippen LogP contribution in [-0.2, 0) is 0 Å². The number of allylic oxidation sites excluding steroid dienone is 5. The van der Waals surface area contributed by atoms with Gasteiger partial charge in [-0.2, -0.15) is 0 Å². The minimum absolute atomic E-state index is 1.15. The molecule has 2 rings (SSSR count). The second-order valence-corrected chi connectivity index (χ2v) is 2.49. The molecule has 1 aliphatic heterocycles. The highest BCUT2D eigenvalue weighted by molar-refractivity contribution is 5.74. The molecule has 2 aliphatic rings. The highest BCUT2D eigenvalue weighted by Gasteiger charge is 2.15. The molecule has 0 unspecified atom stereocenters. The molecule has 0 saturated heterocycles. The van der Waals surface area contributed by atoms with Crippen molar-refractivity contribution in [1.29, 1.82) is 0 Å². The molecule has 0 amide bonds. The van der Waals surface area contributed by atoms with E-state index in [2.05, 4.69) is 23.2 Å². The summed E-state index contributed by atoms with van der Waals surface area (Å²) in [6.45, 7) is 0. The Bertz CT molecular complexity index is 254. The molecule has 10 heavy (non-hydrogen) atoms. The van der Waals surface area contributed by atoms with E-state index >= 15 is 0 Å². The maximum absolute atomic E-state index is 4.23. The van der Waals surface area contributed by atoms with Crippen molar-refractivity contribution in [3.63, 3.8) is 0 Å². The zero-order valence-corrected chi connectivity index (χ0v) is 5.75. The molecular weight excluding hydrogens is 122 g/mol. The highest BCUT2D eigenvalue weighted by atomic mass is 14.7. The fraction of sp³-hybridized carbons (Fsp3) is 0.222. The van der Waals surface area contributed by atoms with Crippen LogP contribution < -0.4 is 4.99 Å². The second-order valence-electron chi connectivity index (χ2n) is 2.49. The second kappa shape index (κ2) is 2.25. The van der Waals surface area contributed by atoms with Crippen LogP contribution in [0, 0.1) is 0 Å². The quantitative estimate of drug-likeness (QED) is 0.473. The van der Waals surface area contributed by atoms with Gasteiger partial charge in [-0.1, -0.05) is 6.08 Å². The normalized spacial score (nSPS) is 21.6. The largest absolute Gasteiger partial charge is 0.280 e. The summed E-state index contributed by atoms with van der Waals surface area (Å²) in [5.74, 6) is 0. The van der Waals surface area contributed by atoms with Crippen LogP contribution in [0.25, 0.3) is 0 Å². The van der Waals surface area contributed by atoms with Crippen molar-refractivity contribution < 1.29 is 0 Å². The number of hydrogen-bond acceptors (Lipinski definition) is 1. The number of aliphatic imine (C=N–C) groups is 1. The molecule has 1 heteroatoms. The van der Waals surface area contributed by atoms with Gasteiger partial charge < -0.3 is 0 Å². The Morgan fingerprint density at radius 3 is 3.20 bits per heavy atom. The fourth-order valence-corrected chi connectivity index (χ4v) is 1.25. The molecule has 1 nitrogen and oxygen atoms in total. The molecule has 49 valence electrons. The van der Waals surface area contributed by atoms with Crippen molar-refractivity contribution in [3.05, 3.63) is 35.6 Å². The molecule has 1 aliphatic carbocycles. The molecule has 1 radical (unpaired) electrons. The Kier molecular flexibility index (Phi) is 1.28. The Morgan fingerprint density at radius 1 is 1.30 bits per heavy atom. The van der Waals surface area contributed by atoms with E-state index < -0.39 is 0 Å². The molecule has 0 atom stereocenters. The van der Waals surface area contributed by atoms with Crippen molar-refractivity contribution in [2.45, 2.75) is 12.8 Å². The molecule has 0 fully saturated rings. The minimum Gasteiger partial charge on any atom is -0.0773 e. The van der Waals surface area contributed by atoms with Crippen LogP contribution in [0.5, 0.6) is 0 Å². The van der Waals surface area contributed by atoms with E-state index in [1.54, 1.807) is 0 Å². The van der Waals surface area contributed by atoms with Gasteiger partial charge in [-0.3, -0.25) is 0 Å². The third-order valence-electron chi connectivity index (χ3n) is 1.78. The van der Waals surface area contributed by atoms with Crippen molar-refractivity contribution in [3.8, 4) is 0 Å². The molecule has 0 aromatic carbocycles. The van der Waals surface area contributed by atoms with Gasteiger partial charge in [0.1, 0.15) is 0 Å². The van der Waals surface area contributed by atoms with Gasteiger partial charge in [-0.05, 0) is 18.9 Å². The van der Waals surface area contributed by atoms with Crippen LogP contribution in [0.15, 0.2) is 35.6 Å². The summed E-state index contributed by atoms with van der Waals surface area (Å²) in [5, 5.41) is 0. The monoisotopic (exact) mass is 131 g/mol. The van der Waals surface area contributed by atoms with Crippen LogP contribution >= 0.6 is 0 Å². The summed E-state index contributed by atoms with van der Waals surface area (Å²) >= 11 is 0. The van der Waals surface area contributed by atoms with Crippen LogP contribution in [-0.4, -0.2) is 6.21 Å². The lowest BCUT2D eigenvalue weighted by molar-refractivity contribution is 0.947. The minimum atomic E-state index is 1.15. The summed E-state index contributed by atoms with van der Waals surface area (Å²) in [6.07, 6.45) is 12.6. The first kappa shape index (κ1) is 5.66. The maximum Gasteiger partial charge on any atom is 0.280 e. The maximum atomic E-state index is 4.23. The van der Waals surface area contributed by atoms with Gasteiger partial charge in [0.15, 0.2) is 0 Å². The molecule has 0 saturated carbocycles. The smallest absolute Gasteiger partial charge is 0.0773 e. The lowest BCUT2D eigenvalue weighted by atomic mass is 10.0. The summed E-state index contributed by atoms with van der Waals surface area (Å²) in [7, 11) is 0. The number of hydrogen-bond donors (Lipinski definition) is 0. The van der Waals surface area contributed by atoms with Gasteiger partial charge in [-0.15, -0.1) is 0 Å². The zero-order chi connectivity index (χ0) is 6.81. The van der Waals surface area contributed by atoms with Gasteiger partial charge in [-0.25, -0.2) is 0 Å². The van der Waals surface area contributed by atoms with Crippen LogP contribution in [0.4, 0.5) is 0 Å². The third-order valence-corrected chi connectivity index (χ3v) is 1.78. The summed E-state index contributed by atoms with van der Waals surface area (Å²) < 4.78 is 0. The van der Waals surface area contributed by atoms with E-state index in [1.807, 2.05) is 12.3 Å². The van der Waals surface area contributed by atoms with Crippen LogP contribution in [0.3, 0.4) is 0 Å². The fourth-order valence-electron chi connectivity index (χ4n) is 1.25. The summed E-state index contributed by atoms with van der Waals surface area (Å²) in [6, 6.07) is 0. The van der Waals surface area contributed by atoms with Gasteiger partial charge in [0.05, 0.1) is 4.99 Å². The molecule has 0 aromatic heterocycles. The van der Waals surface area contributed by atoms with Crippen molar-refractivity contribution in [2.24, 2.45) is 0 Å². The summed E-state index contributed by atoms with van der Waals surface area (Å²) in [5.41, 5.74) is 2.53. The topological polar surface area (TPSA) is 14.1 Å². The molecule has 0 spiro atoms. The lowest BCUT2D eigenvalue weighted by Gasteiger charge is -2.02. The lowest BCUT2D eigenvalue weighted by Crippen LogP contribution is -2.02. The Hall–Kier alpha value is -1.11. The van der Waals surface area contributed by atoms with E-state index in [9.17, 15) is 0 Å². The first-order valence-corrected chi connectivity index (χ1v) is 3.57. The third kappa shape index (κ3) is 0.838. The van der Waals surface area contributed by atoms with E-state index in [0.717, 1.165) is 12.1 Å². The Balaban J connectivity index is 2.43. The van der Waals surface area contributed by atoms with E-state index in [-0.39, 0.29) is 0 Å². The molecule has 1 heterocycles. The van der Waals surface area contributed by atoms with E-state index in [0.29, 0.717) is 0 Å². The standard InChI is InChI=1S/C9H9N/c1-2-6-9-8(4-1)5-3-7-10-9/h2-3,5-7H,1,4H2/q+1. The van der Waals surface area contributed by atoms with E-state index in [1.165, 1.54) is 12.0 Å². The SMILES string of the molecule is C1=CC2=C(C=CCC2)[N+]=C1. The van der Waals surface area contributed by atoms with Gasteiger partial charge in [0, 0.05) is 17.7 Å². The van der Waals surface area contributed by atoms with Crippen molar-refractivity contribution in [2.75, 3.05) is 0 Å². The van der Waals surface area contributed by atoms with E-state index in [4.69, 9.17) is 0 Å². The first-order chi connectivity index (χ1) is 4.97. The predicted octanol–water partition coefficient (Wildman–Crippen LogP) is 1.57. The number of nitrogens with zero attached hydrogens (tertiary/aromatic N) is 1. The Morgan fingerprint density at radius 2 is 2.30 bits per heavy atom. The molecule has 0 bridgehead atoms. The van der Waals surface area contributed by atoms with Crippen LogP contribution in [0.1, 0.15) is 12.8 Å². The molecular formula is C9H9N+. The molecule has 0 N–H and O–H groups in total. The van der Waals surface area contributed by atoms with Gasteiger partial charge in [0.25, 0.3) is 5.70 Å². The first-order valence-electron chi connectivity index (χ1n) is 3.57. The average molecular weight is 131 g/mol. The van der Waals surface area contributed by atoms with Gasteiger partial charge >= 0.3 is 0 Å². The average Bonchev–Trinajstić information content (AvgIpc) is 2.05. The summed E-state index contributed by atoms with van der Waals surface area (Å²) in [4.78, 5) is 4.23. The predicted molar refractivity (Wildman–Crippen MR) is 42.7 cm³/mol. The van der Waals surface area contributed by atoms with Crippen molar-refractivity contribution in [1.82, 2.24) is 4.99 Å². The number of rotatable bonds is 0.